The largest absolute Gasteiger partial charge is 0.255 e. The second-order valence-electron chi connectivity index (χ2n) is 15.7. The number of fused-ring (bicyclic) bond motifs is 4. The molecule has 0 fully saturated rings. The third-order valence-corrected chi connectivity index (χ3v) is 12.2. The molecule has 0 saturated heterocycles. The number of nitrogens with zero attached hydrogens (tertiary/aromatic N) is 4. The van der Waals surface area contributed by atoms with Crippen LogP contribution in [-0.2, 0) is 0 Å². The Bertz CT molecular complexity index is 3470. The van der Waals surface area contributed by atoms with Crippen molar-refractivity contribution in [2.45, 2.75) is 0 Å². The molecule has 7 aromatic carbocycles. The molecular formula is C58H36N4. The first-order chi connectivity index (χ1) is 30.8. The van der Waals surface area contributed by atoms with Gasteiger partial charge < -0.3 is 0 Å². The smallest absolute Gasteiger partial charge is 0.0893 e. The highest BCUT2D eigenvalue weighted by Crippen LogP contribution is 2.58. The predicted molar refractivity (Wildman–Crippen MR) is 255 cm³/mol. The van der Waals surface area contributed by atoms with E-state index >= 15 is 0 Å². The van der Waals surface area contributed by atoms with Gasteiger partial charge in [-0.05, 0) is 126 Å². The van der Waals surface area contributed by atoms with E-state index in [-0.39, 0.29) is 0 Å². The molecule has 0 unspecified atom stereocenters. The van der Waals surface area contributed by atoms with Crippen LogP contribution in [0.2, 0.25) is 0 Å². The van der Waals surface area contributed by atoms with Crippen LogP contribution in [-0.4, -0.2) is 19.9 Å². The lowest BCUT2D eigenvalue weighted by atomic mass is 9.82. The summed E-state index contributed by atoms with van der Waals surface area (Å²) in [5.41, 5.74) is 19.8. The van der Waals surface area contributed by atoms with E-state index in [1.807, 2.05) is 60.9 Å². The standard InChI is InChI=1S/C58H36N4/c1-2-13-40(14-3-1)54-44-15-4-5-16-45(44)55(41-31-29-39(30-32-41)49-22-12-24-53(62-49)51-20-7-9-36-60-51)58-47-34-33-42(43-17-10-18-46(56(43)47)57(54)58)37-25-27-38(28-26-37)48-21-11-23-52(61-48)50-19-6-8-35-59-50/h1-36H. The minimum atomic E-state index is 0.858. The Morgan fingerprint density at radius 1 is 0.226 bits per heavy atom. The van der Waals surface area contributed by atoms with E-state index in [0.717, 1.165) is 45.3 Å². The predicted octanol–water partition coefficient (Wildman–Crippen LogP) is 14.9. The fraction of sp³-hybridized carbons (Fsp3) is 0. The molecule has 1 aliphatic rings. The number of aromatic nitrogens is 4. The zero-order chi connectivity index (χ0) is 41.0. The Morgan fingerprint density at radius 2 is 0.645 bits per heavy atom. The molecule has 0 saturated carbocycles. The van der Waals surface area contributed by atoms with Crippen LogP contribution in [0, 0.1) is 0 Å². The number of pyridine rings is 4. The minimum absolute atomic E-state index is 0.858. The van der Waals surface area contributed by atoms with Crippen LogP contribution in [0.5, 0.6) is 0 Å². The normalized spacial score (nSPS) is 11.5. The Hall–Kier alpha value is -8.34. The van der Waals surface area contributed by atoms with Crippen LogP contribution in [0.1, 0.15) is 0 Å². The zero-order valence-electron chi connectivity index (χ0n) is 33.6. The number of hydrogen-bond acceptors (Lipinski definition) is 4. The summed E-state index contributed by atoms with van der Waals surface area (Å²) < 4.78 is 0. The van der Waals surface area contributed by atoms with Crippen molar-refractivity contribution in [3.63, 3.8) is 0 Å². The molecular weight excluding hydrogens is 753 g/mol. The van der Waals surface area contributed by atoms with Crippen molar-refractivity contribution < 1.29 is 0 Å². The highest BCUT2D eigenvalue weighted by atomic mass is 14.8. The van der Waals surface area contributed by atoms with Crippen LogP contribution in [0.25, 0.3) is 122 Å². The van der Waals surface area contributed by atoms with Gasteiger partial charge in [-0.1, -0.05) is 158 Å². The summed E-state index contributed by atoms with van der Waals surface area (Å²) in [5, 5.41) is 4.99. The van der Waals surface area contributed by atoms with Gasteiger partial charge in [0.2, 0.25) is 0 Å². The Labute approximate surface area is 359 Å². The van der Waals surface area contributed by atoms with Gasteiger partial charge in [0.05, 0.1) is 34.2 Å². The molecule has 62 heavy (non-hydrogen) atoms. The van der Waals surface area contributed by atoms with Crippen LogP contribution >= 0.6 is 0 Å². The summed E-state index contributed by atoms with van der Waals surface area (Å²) in [4.78, 5) is 19.1. The third-order valence-electron chi connectivity index (χ3n) is 12.2. The number of hydrogen-bond donors (Lipinski definition) is 0. The first kappa shape index (κ1) is 35.6. The molecule has 288 valence electrons. The van der Waals surface area contributed by atoms with Crippen LogP contribution < -0.4 is 0 Å². The third kappa shape index (κ3) is 5.92. The molecule has 0 bridgehead atoms. The summed E-state index contributed by atoms with van der Waals surface area (Å²) in [7, 11) is 0. The monoisotopic (exact) mass is 788 g/mol. The maximum atomic E-state index is 5.02. The Kier molecular flexibility index (Phi) is 8.46. The van der Waals surface area contributed by atoms with Gasteiger partial charge in [0.1, 0.15) is 0 Å². The van der Waals surface area contributed by atoms with Crippen molar-refractivity contribution >= 4 is 21.5 Å². The Balaban J connectivity index is 1.01. The molecule has 0 radical (unpaired) electrons. The van der Waals surface area contributed by atoms with Crippen molar-refractivity contribution in [2.24, 2.45) is 0 Å². The SMILES string of the molecule is c1ccc(-c2c3c(c(-c4ccc(-c5cccc(-c6ccccn6)n5)cc4)c4ccccc24)-c2ccc(-c4ccc(-c5cccc(-c6ccccn6)n5)cc4)c4cccc-3c24)cc1. The molecule has 0 aliphatic heterocycles. The number of benzene rings is 7. The van der Waals surface area contributed by atoms with Crippen molar-refractivity contribution in [3.05, 3.63) is 219 Å². The summed E-state index contributed by atoms with van der Waals surface area (Å²) in [6.07, 6.45) is 3.62. The molecule has 0 N–H and O–H groups in total. The highest BCUT2D eigenvalue weighted by Gasteiger charge is 2.31. The lowest BCUT2D eigenvalue weighted by Gasteiger charge is -2.20. The minimum Gasteiger partial charge on any atom is -0.255 e. The van der Waals surface area contributed by atoms with Gasteiger partial charge >= 0.3 is 0 Å². The van der Waals surface area contributed by atoms with Crippen LogP contribution in [0.4, 0.5) is 0 Å². The maximum Gasteiger partial charge on any atom is 0.0893 e. The highest BCUT2D eigenvalue weighted by molar-refractivity contribution is 6.28. The van der Waals surface area contributed by atoms with E-state index in [9.17, 15) is 0 Å². The second kappa shape index (κ2) is 14.7. The molecule has 4 heteroatoms. The average molecular weight is 789 g/mol. The van der Waals surface area contributed by atoms with Crippen molar-refractivity contribution in [3.8, 4) is 101 Å². The van der Waals surface area contributed by atoms with Crippen molar-refractivity contribution in [1.29, 1.82) is 0 Å². The van der Waals surface area contributed by atoms with E-state index in [2.05, 4.69) is 168 Å². The van der Waals surface area contributed by atoms with Gasteiger partial charge in [0.15, 0.2) is 0 Å². The fourth-order valence-corrected chi connectivity index (χ4v) is 9.39. The van der Waals surface area contributed by atoms with E-state index < -0.39 is 0 Å². The fourth-order valence-electron chi connectivity index (χ4n) is 9.39. The van der Waals surface area contributed by atoms with Crippen LogP contribution in [0.3, 0.4) is 0 Å². The second-order valence-corrected chi connectivity index (χ2v) is 15.7. The average Bonchev–Trinajstić information content (AvgIpc) is 3.69. The summed E-state index contributed by atoms with van der Waals surface area (Å²) in [5.74, 6) is 0. The Morgan fingerprint density at radius 3 is 1.21 bits per heavy atom. The van der Waals surface area contributed by atoms with Gasteiger partial charge in [0, 0.05) is 23.5 Å². The number of rotatable bonds is 7. The molecule has 0 spiro atoms. The molecule has 0 amide bonds. The van der Waals surface area contributed by atoms with Gasteiger partial charge in [-0.2, -0.15) is 0 Å². The van der Waals surface area contributed by atoms with Gasteiger partial charge in [-0.3, -0.25) is 9.97 Å². The van der Waals surface area contributed by atoms with Gasteiger partial charge in [-0.15, -0.1) is 0 Å². The summed E-state index contributed by atoms with van der Waals surface area (Å²) in [6, 6.07) is 73.2. The first-order valence-electron chi connectivity index (χ1n) is 21.0. The van der Waals surface area contributed by atoms with Crippen molar-refractivity contribution in [1.82, 2.24) is 19.9 Å². The lowest BCUT2D eigenvalue weighted by molar-refractivity contribution is 1.25. The van der Waals surface area contributed by atoms with Gasteiger partial charge in [0.25, 0.3) is 0 Å². The van der Waals surface area contributed by atoms with E-state index in [0.29, 0.717) is 0 Å². The molecule has 4 aromatic heterocycles. The van der Waals surface area contributed by atoms with Crippen LogP contribution in [0.15, 0.2) is 219 Å². The quantitative estimate of drug-likeness (QED) is 0.161. The van der Waals surface area contributed by atoms with Crippen molar-refractivity contribution in [2.75, 3.05) is 0 Å². The summed E-state index contributed by atoms with van der Waals surface area (Å²) in [6.45, 7) is 0. The summed E-state index contributed by atoms with van der Waals surface area (Å²) >= 11 is 0. The molecule has 1 aliphatic carbocycles. The molecule has 4 heterocycles. The molecule has 11 aromatic rings. The van der Waals surface area contributed by atoms with Gasteiger partial charge in [-0.25, -0.2) is 9.97 Å². The topological polar surface area (TPSA) is 51.6 Å². The van der Waals surface area contributed by atoms with E-state index in [4.69, 9.17) is 9.97 Å². The van der Waals surface area contributed by atoms with E-state index in [1.165, 1.54) is 77.2 Å². The first-order valence-corrected chi connectivity index (χ1v) is 21.0. The molecule has 0 atom stereocenters. The zero-order valence-corrected chi connectivity index (χ0v) is 33.6. The molecule has 4 nitrogen and oxygen atoms in total. The lowest BCUT2D eigenvalue weighted by Crippen LogP contribution is -1.94. The van der Waals surface area contributed by atoms with E-state index in [1.54, 1.807) is 0 Å². The maximum absolute atomic E-state index is 5.02. The molecule has 12 rings (SSSR count).